The highest BCUT2D eigenvalue weighted by Gasteiger charge is 2.24. The van der Waals surface area contributed by atoms with Gasteiger partial charge in [-0.2, -0.15) is 0 Å². The highest BCUT2D eigenvalue weighted by molar-refractivity contribution is 5.94. The Balaban J connectivity index is 1.72. The number of nitrogens with one attached hydrogen (secondary N) is 2. The van der Waals surface area contributed by atoms with E-state index >= 15 is 0 Å². The zero-order chi connectivity index (χ0) is 28.5. The number of nitrogens with zero attached hydrogens (tertiary/aromatic N) is 1. The van der Waals surface area contributed by atoms with Crippen LogP contribution >= 0.6 is 0 Å². The summed E-state index contributed by atoms with van der Waals surface area (Å²) in [6.07, 6.45) is 13.0. The number of allylic oxidation sites excluding steroid dienone is 4. The summed E-state index contributed by atoms with van der Waals surface area (Å²) in [5.41, 5.74) is 1.77. The van der Waals surface area contributed by atoms with Crippen LogP contribution in [0.5, 0.6) is 5.75 Å². The highest BCUT2D eigenvalue weighted by atomic mass is 16.5. The van der Waals surface area contributed by atoms with Crippen LogP contribution in [0, 0.1) is 11.8 Å². The first-order valence-electron chi connectivity index (χ1n) is 14.6. The predicted octanol–water partition coefficient (Wildman–Crippen LogP) is 5.32. The van der Waals surface area contributed by atoms with Crippen molar-refractivity contribution in [1.82, 2.24) is 15.5 Å². The van der Waals surface area contributed by atoms with E-state index in [4.69, 9.17) is 4.74 Å². The van der Waals surface area contributed by atoms with Gasteiger partial charge in [-0.05, 0) is 101 Å². The lowest BCUT2D eigenvalue weighted by atomic mass is 9.85. The third-order valence-electron chi connectivity index (χ3n) is 7.15. The molecule has 1 aliphatic heterocycles. The first-order valence-corrected chi connectivity index (χ1v) is 14.6. The molecule has 2 N–H and O–H groups in total. The third kappa shape index (κ3) is 12.6. The van der Waals surface area contributed by atoms with Gasteiger partial charge >= 0.3 is 0 Å². The molecule has 39 heavy (non-hydrogen) atoms. The maximum atomic E-state index is 12.6. The Morgan fingerprint density at radius 3 is 2.38 bits per heavy atom. The van der Waals surface area contributed by atoms with E-state index in [9.17, 15) is 14.4 Å². The summed E-state index contributed by atoms with van der Waals surface area (Å²) in [7, 11) is 0. The minimum atomic E-state index is -0.0958. The molecule has 1 saturated heterocycles. The second-order valence-corrected chi connectivity index (χ2v) is 10.7. The molecule has 2 amide bonds. The Morgan fingerprint density at radius 1 is 1.03 bits per heavy atom. The van der Waals surface area contributed by atoms with E-state index in [1.54, 1.807) is 12.1 Å². The average Bonchev–Trinajstić information content (AvgIpc) is 3.43. The maximum Gasteiger partial charge on any atom is 0.251 e. The van der Waals surface area contributed by atoms with Crippen molar-refractivity contribution in [2.75, 3.05) is 32.7 Å². The summed E-state index contributed by atoms with van der Waals surface area (Å²) < 4.78 is 5.62. The summed E-state index contributed by atoms with van der Waals surface area (Å²) in [5.74, 6) is 1.25. The van der Waals surface area contributed by atoms with Gasteiger partial charge in [-0.15, -0.1) is 0 Å². The molecule has 0 aliphatic carbocycles. The lowest BCUT2D eigenvalue weighted by Crippen LogP contribution is -2.39. The van der Waals surface area contributed by atoms with Gasteiger partial charge in [0.25, 0.3) is 5.91 Å². The number of amides is 2. The molecule has 7 nitrogen and oxygen atoms in total. The Kier molecular flexibility index (Phi) is 15.2. The van der Waals surface area contributed by atoms with Gasteiger partial charge in [0.1, 0.15) is 12.0 Å². The van der Waals surface area contributed by atoms with Gasteiger partial charge in [0.05, 0.1) is 6.10 Å². The minimum absolute atomic E-state index is 0.0748. The molecule has 0 aromatic heterocycles. The number of hydrogen-bond donors (Lipinski definition) is 2. The van der Waals surface area contributed by atoms with Crippen LogP contribution in [0.4, 0.5) is 0 Å². The largest absolute Gasteiger partial charge is 0.491 e. The van der Waals surface area contributed by atoms with E-state index in [1.165, 1.54) is 12.8 Å². The standard InChI is InChI=1S/C32H49N3O4/c1-5-12-27(13-11-22-36)26(4)29(24-35-20-9-10-21-35)23-34-31(37)14-7-6-8-19-33-32(38)28-15-17-30(18-16-28)39-25(2)3/h5,12-13,15-18,22,25-26,29H,6-11,14,19-21,23-24H2,1-4H3,(H,33,38)(H,34,37)/b12-5?,27-13+. The maximum absolute atomic E-state index is 12.6. The van der Waals surface area contributed by atoms with E-state index in [0.29, 0.717) is 31.5 Å². The van der Waals surface area contributed by atoms with Crippen LogP contribution in [0.1, 0.15) is 83.0 Å². The van der Waals surface area contributed by atoms with Crippen molar-refractivity contribution in [3.63, 3.8) is 0 Å². The smallest absolute Gasteiger partial charge is 0.251 e. The molecule has 1 aromatic rings. The molecule has 2 atom stereocenters. The Hall–Kier alpha value is -2.93. The van der Waals surface area contributed by atoms with E-state index in [1.807, 2.05) is 45.1 Å². The number of unbranched alkanes of at least 4 members (excludes halogenated alkanes) is 2. The van der Waals surface area contributed by atoms with E-state index in [2.05, 4.69) is 28.5 Å². The molecule has 2 rings (SSSR count). The van der Waals surface area contributed by atoms with E-state index < -0.39 is 0 Å². The number of carbonyl (C=O) groups excluding carboxylic acids is 3. The number of carbonyl (C=O) groups is 3. The number of aldehydes is 1. The van der Waals surface area contributed by atoms with E-state index in [0.717, 1.165) is 56.5 Å². The van der Waals surface area contributed by atoms with Gasteiger partial charge in [0, 0.05) is 38.0 Å². The SMILES string of the molecule is CC=C/C(=C\CC=O)C(C)C(CNC(=O)CCCCCNC(=O)c1ccc(OC(C)C)cc1)CN1CCCC1. The second kappa shape index (κ2) is 18.4. The fourth-order valence-corrected chi connectivity index (χ4v) is 4.93. The third-order valence-corrected chi connectivity index (χ3v) is 7.15. The highest BCUT2D eigenvalue weighted by Crippen LogP contribution is 2.24. The topological polar surface area (TPSA) is 87.7 Å². The average molecular weight is 540 g/mol. The second-order valence-electron chi connectivity index (χ2n) is 10.7. The zero-order valence-corrected chi connectivity index (χ0v) is 24.4. The predicted molar refractivity (Wildman–Crippen MR) is 158 cm³/mol. The number of ether oxygens (including phenoxy) is 1. The van der Waals surface area contributed by atoms with Gasteiger partial charge in [-0.3, -0.25) is 9.59 Å². The number of rotatable bonds is 18. The minimum Gasteiger partial charge on any atom is -0.491 e. The summed E-state index contributed by atoms with van der Waals surface area (Å²) in [4.78, 5) is 38.4. The molecule has 1 heterocycles. The number of benzene rings is 1. The van der Waals surface area contributed by atoms with Crippen LogP contribution in [-0.2, 0) is 9.59 Å². The van der Waals surface area contributed by atoms with Crippen molar-refractivity contribution in [1.29, 1.82) is 0 Å². The summed E-state index contributed by atoms with van der Waals surface area (Å²) in [5, 5.41) is 6.12. The molecule has 2 unspecified atom stereocenters. The van der Waals surface area contributed by atoms with Gasteiger partial charge in [-0.1, -0.05) is 31.6 Å². The van der Waals surface area contributed by atoms with Gasteiger partial charge in [0.15, 0.2) is 0 Å². The van der Waals surface area contributed by atoms with Crippen LogP contribution in [-0.4, -0.2) is 61.8 Å². The molecule has 1 aliphatic rings. The van der Waals surface area contributed by atoms with Crippen LogP contribution < -0.4 is 15.4 Å². The molecule has 0 saturated carbocycles. The monoisotopic (exact) mass is 539 g/mol. The van der Waals surface area contributed by atoms with Crippen molar-refractivity contribution in [2.45, 2.75) is 78.7 Å². The fraction of sp³-hybridized carbons (Fsp3) is 0.594. The lowest BCUT2D eigenvalue weighted by molar-refractivity contribution is -0.121. The Labute approximate surface area is 235 Å². The number of likely N-dealkylation sites (tertiary alicyclic amines) is 1. The molecule has 1 aromatic carbocycles. The van der Waals surface area contributed by atoms with Crippen LogP contribution in [0.25, 0.3) is 0 Å². The fourth-order valence-electron chi connectivity index (χ4n) is 4.93. The molecule has 7 heteroatoms. The molecule has 216 valence electrons. The van der Waals surface area contributed by atoms with E-state index in [-0.39, 0.29) is 29.8 Å². The van der Waals surface area contributed by atoms with Gasteiger partial charge in [0.2, 0.25) is 5.91 Å². The Morgan fingerprint density at radius 2 is 1.74 bits per heavy atom. The molecule has 0 bridgehead atoms. The quantitative estimate of drug-likeness (QED) is 0.150. The van der Waals surface area contributed by atoms with Crippen LogP contribution in [0.15, 0.2) is 48.1 Å². The summed E-state index contributed by atoms with van der Waals surface area (Å²) in [6, 6.07) is 7.17. The normalized spacial score (nSPS) is 15.9. The van der Waals surface area contributed by atoms with Crippen molar-refractivity contribution in [3.05, 3.63) is 53.6 Å². The molecule has 0 spiro atoms. The van der Waals surface area contributed by atoms with Crippen molar-refractivity contribution in [2.24, 2.45) is 11.8 Å². The zero-order valence-electron chi connectivity index (χ0n) is 24.4. The first kappa shape index (κ1) is 32.3. The van der Waals surface area contributed by atoms with Gasteiger partial charge < -0.3 is 25.1 Å². The van der Waals surface area contributed by atoms with Crippen LogP contribution in [0.3, 0.4) is 0 Å². The molecular formula is C32H49N3O4. The van der Waals surface area contributed by atoms with Crippen molar-refractivity contribution in [3.8, 4) is 5.75 Å². The number of hydrogen-bond acceptors (Lipinski definition) is 5. The lowest BCUT2D eigenvalue weighted by Gasteiger charge is -2.29. The van der Waals surface area contributed by atoms with Gasteiger partial charge in [-0.25, -0.2) is 0 Å². The summed E-state index contributed by atoms with van der Waals surface area (Å²) in [6.45, 7) is 12.5. The first-order chi connectivity index (χ1) is 18.8. The molecule has 0 radical (unpaired) electrons. The van der Waals surface area contributed by atoms with Crippen molar-refractivity contribution < 1.29 is 19.1 Å². The Bertz CT molecular complexity index is 933. The van der Waals surface area contributed by atoms with Crippen molar-refractivity contribution >= 4 is 18.1 Å². The molecule has 1 fully saturated rings. The van der Waals surface area contributed by atoms with Crippen LogP contribution in [0.2, 0.25) is 0 Å². The summed E-state index contributed by atoms with van der Waals surface area (Å²) >= 11 is 0. The molecular weight excluding hydrogens is 490 g/mol.